The zero-order chi connectivity index (χ0) is 17.5. The average Bonchev–Trinajstić information content (AvgIpc) is 2.53. The summed E-state index contributed by atoms with van der Waals surface area (Å²) in [5, 5.41) is 11.3. The molecule has 0 aromatic heterocycles. The summed E-state index contributed by atoms with van der Waals surface area (Å²) in [5.74, 6) is -0.937. The van der Waals surface area contributed by atoms with E-state index in [4.69, 9.17) is 9.84 Å². The number of amides is 1. The van der Waals surface area contributed by atoms with Crippen LogP contribution in [0, 0.1) is 3.57 Å². The first-order chi connectivity index (χ1) is 11.4. The van der Waals surface area contributed by atoms with E-state index < -0.39 is 11.9 Å². The second kappa shape index (κ2) is 8.49. The molecule has 0 saturated heterocycles. The van der Waals surface area contributed by atoms with Crippen molar-refractivity contribution in [3.8, 4) is 5.75 Å². The lowest BCUT2D eigenvalue weighted by Gasteiger charge is -2.07. The zero-order valence-corrected chi connectivity index (χ0v) is 15.1. The Hall–Kier alpha value is -2.35. The summed E-state index contributed by atoms with van der Waals surface area (Å²) in [7, 11) is 0. The minimum atomic E-state index is -1.19. The molecule has 0 atom stereocenters. The van der Waals surface area contributed by atoms with Gasteiger partial charge in [0.2, 0.25) is 5.91 Å². The van der Waals surface area contributed by atoms with Crippen molar-refractivity contribution in [1.82, 2.24) is 5.32 Å². The van der Waals surface area contributed by atoms with Gasteiger partial charge >= 0.3 is 5.97 Å². The third kappa shape index (κ3) is 5.69. The number of halogens is 1. The van der Waals surface area contributed by atoms with Gasteiger partial charge in [-0.25, -0.2) is 4.79 Å². The standard InChI is InChI=1S/C18H16INO4/c1-12(21)20-17(18(22)23)10-13-5-7-16(8-6-13)24-11-14-3-2-4-15(19)9-14/h2-10H,11H2,1H3,(H,20,21)(H,22,23). The minimum Gasteiger partial charge on any atom is -0.489 e. The van der Waals surface area contributed by atoms with E-state index in [0.29, 0.717) is 17.9 Å². The highest BCUT2D eigenvalue weighted by Gasteiger charge is 2.08. The molecule has 124 valence electrons. The van der Waals surface area contributed by atoms with Gasteiger partial charge in [-0.1, -0.05) is 24.3 Å². The van der Waals surface area contributed by atoms with Crippen LogP contribution >= 0.6 is 22.6 Å². The predicted molar refractivity (Wildman–Crippen MR) is 99.4 cm³/mol. The van der Waals surface area contributed by atoms with E-state index in [1.165, 1.54) is 13.0 Å². The number of carboxylic acids is 1. The van der Waals surface area contributed by atoms with Crippen LogP contribution in [0.15, 0.2) is 54.2 Å². The molecule has 0 spiro atoms. The number of hydrogen-bond acceptors (Lipinski definition) is 3. The van der Waals surface area contributed by atoms with Gasteiger partial charge in [0, 0.05) is 10.5 Å². The van der Waals surface area contributed by atoms with E-state index in [9.17, 15) is 9.59 Å². The zero-order valence-electron chi connectivity index (χ0n) is 13.0. The van der Waals surface area contributed by atoms with Gasteiger partial charge in [0.1, 0.15) is 18.1 Å². The highest BCUT2D eigenvalue weighted by molar-refractivity contribution is 14.1. The van der Waals surface area contributed by atoms with Crippen LogP contribution in [0.3, 0.4) is 0 Å². The summed E-state index contributed by atoms with van der Waals surface area (Å²) in [5.41, 5.74) is 1.56. The average molecular weight is 437 g/mol. The van der Waals surface area contributed by atoms with Crippen molar-refractivity contribution < 1.29 is 19.4 Å². The molecule has 2 aromatic rings. The molecule has 0 aliphatic carbocycles. The Morgan fingerprint density at radius 1 is 1.21 bits per heavy atom. The first kappa shape index (κ1) is 18.0. The van der Waals surface area contributed by atoms with Gasteiger partial charge in [0.25, 0.3) is 0 Å². The summed E-state index contributed by atoms with van der Waals surface area (Å²) in [6.45, 7) is 1.72. The Bertz CT molecular complexity index is 769. The molecule has 2 N–H and O–H groups in total. The predicted octanol–water partition coefficient (Wildman–Crippen LogP) is 3.43. The highest BCUT2D eigenvalue weighted by atomic mass is 127. The summed E-state index contributed by atoms with van der Waals surface area (Å²) < 4.78 is 6.86. The number of carboxylic acid groups (broad SMARTS) is 1. The Morgan fingerprint density at radius 3 is 2.50 bits per heavy atom. The van der Waals surface area contributed by atoms with E-state index in [1.807, 2.05) is 24.3 Å². The van der Waals surface area contributed by atoms with Crippen LogP contribution in [0.1, 0.15) is 18.1 Å². The summed E-state index contributed by atoms with van der Waals surface area (Å²) >= 11 is 2.25. The molecule has 0 radical (unpaired) electrons. The molecular formula is C18H16INO4. The highest BCUT2D eigenvalue weighted by Crippen LogP contribution is 2.16. The van der Waals surface area contributed by atoms with Crippen molar-refractivity contribution in [2.24, 2.45) is 0 Å². The Balaban J connectivity index is 2.04. The van der Waals surface area contributed by atoms with Crippen molar-refractivity contribution >= 4 is 40.5 Å². The Kier molecular flexibility index (Phi) is 6.36. The Morgan fingerprint density at radius 2 is 1.92 bits per heavy atom. The van der Waals surface area contributed by atoms with Crippen LogP contribution in [0.5, 0.6) is 5.75 Å². The second-order valence-electron chi connectivity index (χ2n) is 5.03. The van der Waals surface area contributed by atoms with E-state index >= 15 is 0 Å². The fraction of sp³-hybridized carbons (Fsp3) is 0.111. The number of carbonyl (C=O) groups excluding carboxylic acids is 1. The molecule has 24 heavy (non-hydrogen) atoms. The number of aliphatic carboxylic acids is 1. The molecule has 2 aromatic carbocycles. The van der Waals surface area contributed by atoms with Crippen LogP contribution < -0.4 is 10.1 Å². The lowest BCUT2D eigenvalue weighted by atomic mass is 10.2. The topological polar surface area (TPSA) is 75.6 Å². The van der Waals surface area contributed by atoms with Crippen LogP contribution in [0.4, 0.5) is 0 Å². The van der Waals surface area contributed by atoms with Gasteiger partial charge in [-0.3, -0.25) is 4.79 Å². The van der Waals surface area contributed by atoms with Crippen LogP contribution in [0.2, 0.25) is 0 Å². The molecule has 0 aliphatic rings. The quantitative estimate of drug-likeness (QED) is 0.537. The number of ether oxygens (including phenoxy) is 1. The molecule has 0 saturated carbocycles. The molecule has 6 heteroatoms. The maximum absolute atomic E-state index is 11.1. The SMILES string of the molecule is CC(=O)NC(=Cc1ccc(OCc2cccc(I)c2)cc1)C(=O)O. The molecular weight excluding hydrogens is 421 g/mol. The van der Waals surface area contributed by atoms with Gasteiger partial charge < -0.3 is 15.2 Å². The lowest BCUT2D eigenvalue weighted by molar-refractivity contribution is -0.134. The van der Waals surface area contributed by atoms with Crippen molar-refractivity contribution in [1.29, 1.82) is 0 Å². The smallest absolute Gasteiger partial charge is 0.352 e. The fourth-order valence-corrected chi connectivity index (χ4v) is 2.57. The summed E-state index contributed by atoms with van der Waals surface area (Å²) in [6, 6.07) is 15.0. The van der Waals surface area contributed by atoms with Crippen molar-refractivity contribution in [3.05, 3.63) is 68.9 Å². The van der Waals surface area contributed by atoms with Crippen LogP contribution in [-0.4, -0.2) is 17.0 Å². The number of benzene rings is 2. The summed E-state index contributed by atoms with van der Waals surface area (Å²) in [4.78, 5) is 22.1. The normalized spacial score (nSPS) is 11.0. The Labute approximate surface area is 153 Å². The van der Waals surface area contributed by atoms with Crippen molar-refractivity contribution in [3.63, 3.8) is 0 Å². The number of nitrogens with one attached hydrogen (secondary N) is 1. The number of hydrogen-bond donors (Lipinski definition) is 2. The molecule has 5 nitrogen and oxygen atoms in total. The molecule has 0 aliphatic heterocycles. The monoisotopic (exact) mass is 437 g/mol. The molecule has 2 rings (SSSR count). The van der Waals surface area contributed by atoms with E-state index in [1.54, 1.807) is 24.3 Å². The van der Waals surface area contributed by atoms with E-state index in [2.05, 4.69) is 27.9 Å². The third-order valence-corrected chi connectivity index (χ3v) is 3.70. The van der Waals surface area contributed by atoms with Gasteiger partial charge in [-0.15, -0.1) is 0 Å². The maximum Gasteiger partial charge on any atom is 0.352 e. The number of rotatable bonds is 6. The molecule has 1 amide bonds. The molecule has 0 heterocycles. The molecule has 0 fully saturated rings. The van der Waals surface area contributed by atoms with Gasteiger partial charge in [0.05, 0.1) is 0 Å². The van der Waals surface area contributed by atoms with E-state index in [0.717, 1.165) is 9.13 Å². The first-order valence-electron chi connectivity index (χ1n) is 7.14. The van der Waals surface area contributed by atoms with Gasteiger partial charge in [0.15, 0.2) is 0 Å². The van der Waals surface area contributed by atoms with Crippen LogP contribution in [0.25, 0.3) is 6.08 Å². The van der Waals surface area contributed by atoms with Gasteiger partial charge in [-0.05, 0) is 64.1 Å². The van der Waals surface area contributed by atoms with Crippen molar-refractivity contribution in [2.75, 3.05) is 0 Å². The van der Waals surface area contributed by atoms with Gasteiger partial charge in [-0.2, -0.15) is 0 Å². The van der Waals surface area contributed by atoms with E-state index in [-0.39, 0.29) is 5.70 Å². The molecule has 0 unspecified atom stereocenters. The minimum absolute atomic E-state index is 0.171. The fourth-order valence-electron chi connectivity index (χ4n) is 1.96. The summed E-state index contributed by atoms with van der Waals surface area (Å²) in [6.07, 6.45) is 1.40. The second-order valence-corrected chi connectivity index (χ2v) is 6.28. The maximum atomic E-state index is 11.1. The third-order valence-electron chi connectivity index (χ3n) is 3.03. The lowest BCUT2D eigenvalue weighted by Crippen LogP contribution is -2.24. The molecule has 0 bridgehead atoms. The number of carbonyl (C=O) groups is 2. The largest absolute Gasteiger partial charge is 0.489 e. The van der Waals surface area contributed by atoms with Crippen molar-refractivity contribution in [2.45, 2.75) is 13.5 Å². The van der Waals surface area contributed by atoms with Crippen LogP contribution in [-0.2, 0) is 16.2 Å². The first-order valence-corrected chi connectivity index (χ1v) is 8.22.